The van der Waals surface area contributed by atoms with Crippen LogP contribution in [-0.2, 0) is 17.5 Å². The Hall–Kier alpha value is -3.04. The van der Waals surface area contributed by atoms with Crippen molar-refractivity contribution in [1.82, 2.24) is 9.55 Å². The molecule has 0 aliphatic heterocycles. The summed E-state index contributed by atoms with van der Waals surface area (Å²) in [5.41, 5.74) is -1.99. The molecule has 134 valence electrons. The van der Waals surface area contributed by atoms with Crippen molar-refractivity contribution in [3.63, 3.8) is 0 Å². The molecule has 0 unspecified atom stereocenters. The van der Waals surface area contributed by atoms with E-state index in [9.17, 15) is 27.6 Å². The first kappa shape index (κ1) is 18.3. The molecular formula is C15H15F3N4O3. The largest absolute Gasteiger partial charge is 0.416 e. The third-order valence-electron chi connectivity index (χ3n) is 3.29. The SMILES string of the molecule is CN(C)c1ccc(C(F)(F)F)cc1NC(=O)Cn1ccc(=O)[nH]c1=O. The molecule has 0 fully saturated rings. The summed E-state index contributed by atoms with van der Waals surface area (Å²) in [4.78, 5) is 38.2. The van der Waals surface area contributed by atoms with Gasteiger partial charge in [-0.1, -0.05) is 0 Å². The maximum atomic E-state index is 12.9. The second kappa shape index (κ2) is 6.83. The standard InChI is InChI=1S/C15H15F3N4O3/c1-21(2)11-4-3-9(15(16,17)18)7-10(11)19-13(24)8-22-6-5-12(23)20-14(22)25/h3-7H,8H2,1-2H3,(H,19,24)(H,20,23,25). The van der Waals surface area contributed by atoms with E-state index < -0.39 is 35.4 Å². The summed E-state index contributed by atoms with van der Waals surface area (Å²) in [7, 11) is 3.23. The van der Waals surface area contributed by atoms with Crippen molar-refractivity contribution in [3.8, 4) is 0 Å². The van der Waals surface area contributed by atoms with Crippen LogP contribution in [0.3, 0.4) is 0 Å². The van der Waals surface area contributed by atoms with Crippen molar-refractivity contribution < 1.29 is 18.0 Å². The summed E-state index contributed by atoms with van der Waals surface area (Å²) in [6.07, 6.45) is -3.43. The number of benzene rings is 1. The van der Waals surface area contributed by atoms with E-state index in [1.807, 2.05) is 4.98 Å². The summed E-state index contributed by atoms with van der Waals surface area (Å²) in [5, 5.41) is 2.36. The lowest BCUT2D eigenvalue weighted by Gasteiger charge is -2.20. The minimum Gasteiger partial charge on any atom is -0.376 e. The summed E-state index contributed by atoms with van der Waals surface area (Å²) < 4.78 is 39.5. The number of aromatic amines is 1. The molecule has 1 amide bonds. The Morgan fingerprint density at radius 3 is 2.48 bits per heavy atom. The first-order chi connectivity index (χ1) is 11.6. The zero-order chi connectivity index (χ0) is 18.8. The van der Waals surface area contributed by atoms with E-state index in [1.54, 1.807) is 19.0 Å². The minimum absolute atomic E-state index is 0.0395. The maximum Gasteiger partial charge on any atom is 0.416 e. The topological polar surface area (TPSA) is 87.2 Å². The lowest BCUT2D eigenvalue weighted by atomic mass is 10.1. The number of H-pyrrole nitrogens is 1. The number of hydrogen-bond donors (Lipinski definition) is 2. The highest BCUT2D eigenvalue weighted by Gasteiger charge is 2.31. The Balaban J connectivity index is 2.29. The number of nitrogens with zero attached hydrogens (tertiary/aromatic N) is 2. The molecular weight excluding hydrogens is 341 g/mol. The number of anilines is 2. The van der Waals surface area contributed by atoms with Gasteiger partial charge in [0.05, 0.1) is 16.9 Å². The molecule has 7 nitrogen and oxygen atoms in total. The van der Waals surface area contributed by atoms with Crippen molar-refractivity contribution in [2.75, 3.05) is 24.3 Å². The third-order valence-corrected chi connectivity index (χ3v) is 3.29. The van der Waals surface area contributed by atoms with Crippen LogP contribution in [-0.4, -0.2) is 29.6 Å². The average molecular weight is 356 g/mol. The van der Waals surface area contributed by atoms with Crippen LogP contribution >= 0.6 is 0 Å². The molecule has 0 radical (unpaired) electrons. The van der Waals surface area contributed by atoms with Gasteiger partial charge in [-0.3, -0.25) is 19.1 Å². The van der Waals surface area contributed by atoms with Gasteiger partial charge in [-0.05, 0) is 18.2 Å². The highest BCUT2D eigenvalue weighted by molar-refractivity contribution is 5.94. The van der Waals surface area contributed by atoms with Crippen molar-refractivity contribution in [2.45, 2.75) is 12.7 Å². The van der Waals surface area contributed by atoms with Crippen molar-refractivity contribution in [3.05, 3.63) is 56.9 Å². The minimum atomic E-state index is -4.56. The van der Waals surface area contributed by atoms with Crippen molar-refractivity contribution in [2.24, 2.45) is 0 Å². The molecule has 2 aromatic rings. The Morgan fingerprint density at radius 1 is 1.24 bits per heavy atom. The van der Waals surface area contributed by atoms with Gasteiger partial charge < -0.3 is 10.2 Å². The molecule has 0 aliphatic rings. The normalized spacial score (nSPS) is 11.2. The van der Waals surface area contributed by atoms with Crippen LogP contribution in [0.5, 0.6) is 0 Å². The molecule has 0 atom stereocenters. The second-order valence-corrected chi connectivity index (χ2v) is 5.41. The Labute approximate surface area is 139 Å². The van der Waals surface area contributed by atoms with Crippen LogP contribution in [0.15, 0.2) is 40.1 Å². The Morgan fingerprint density at radius 2 is 1.92 bits per heavy atom. The highest BCUT2D eigenvalue weighted by atomic mass is 19.4. The summed E-state index contributed by atoms with van der Waals surface area (Å²) in [5.74, 6) is -0.712. The fraction of sp³-hybridized carbons (Fsp3) is 0.267. The number of halogens is 3. The average Bonchev–Trinajstić information content (AvgIpc) is 2.49. The number of rotatable bonds is 4. The molecule has 2 N–H and O–H groups in total. The highest BCUT2D eigenvalue weighted by Crippen LogP contribution is 2.34. The van der Waals surface area contributed by atoms with Gasteiger partial charge in [0.15, 0.2) is 0 Å². The second-order valence-electron chi connectivity index (χ2n) is 5.41. The number of alkyl halides is 3. The molecule has 0 bridgehead atoms. The van der Waals surface area contributed by atoms with Gasteiger partial charge in [-0.25, -0.2) is 4.79 Å². The summed E-state index contributed by atoms with van der Waals surface area (Å²) in [6, 6.07) is 4.04. The predicted molar refractivity (Wildman–Crippen MR) is 85.7 cm³/mol. The smallest absolute Gasteiger partial charge is 0.376 e. The Kier molecular flexibility index (Phi) is 5.00. The van der Waals surface area contributed by atoms with Gasteiger partial charge in [0.1, 0.15) is 6.54 Å². The summed E-state index contributed by atoms with van der Waals surface area (Å²) in [6.45, 7) is -0.460. The van der Waals surface area contributed by atoms with E-state index in [4.69, 9.17) is 0 Å². The third kappa shape index (κ3) is 4.49. The molecule has 10 heteroatoms. The number of carbonyl (C=O) groups is 1. The molecule has 1 aromatic heterocycles. The Bertz CT molecular complexity index is 900. The predicted octanol–water partition coefficient (Wildman–Crippen LogP) is 1.26. The van der Waals surface area contributed by atoms with Gasteiger partial charge >= 0.3 is 11.9 Å². The van der Waals surface area contributed by atoms with Gasteiger partial charge in [0.25, 0.3) is 5.56 Å². The number of carbonyl (C=O) groups excluding carboxylic acids is 1. The van der Waals surface area contributed by atoms with Crippen LogP contribution in [0.25, 0.3) is 0 Å². The van der Waals surface area contributed by atoms with Crippen LogP contribution in [0.4, 0.5) is 24.5 Å². The van der Waals surface area contributed by atoms with Crippen LogP contribution < -0.4 is 21.5 Å². The fourth-order valence-electron chi connectivity index (χ4n) is 2.12. The van der Waals surface area contributed by atoms with E-state index >= 15 is 0 Å². The molecule has 0 spiro atoms. The number of amides is 1. The zero-order valence-corrected chi connectivity index (χ0v) is 13.3. The molecule has 0 aliphatic carbocycles. The molecule has 0 saturated heterocycles. The molecule has 1 aromatic carbocycles. The van der Waals surface area contributed by atoms with E-state index in [1.165, 1.54) is 6.07 Å². The monoisotopic (exact) mass is 356 g/mol. The van der Waals surface area contributed by atoms with Gasteiger partial charge in [-0.15, -0.1) is 0 Å². The molecule has 2 rings (SSSR count). The number of nitrogens with one attached hydrogen (secondary N) is 2. The molecule has 1 heterocycles. The van der Waals surface area contributed by atoms with E-state index in [0.29, 0.717) is 5.69 Å². The van der Waals surface area contributed by atoms with E-state index in [0.717, 1.165) is 29.0 Å². The van der Waals surface area contributed by atoms with Crippen molar-refractivity contribution in [1.29, 1.82) is 0 Å². The van der Waals surface area contributed by atoms with Gasteiger partial charge in [0.2, 0.25) is 5.91 Å². The zero-order valence-electron chi connectivity index (χ0n) is 13.3. The molecule has 25 heavy (non-hydrogen) atoms. The summed E-state index contributed by atoms with van der Waals surface area (Å²) >= 11 is 0. The lowest BCUT2D eigenvalue weighted by Crippen LogP contribution is -2.32. The van der Waals surface area contributed by atoms with Crippen molar-refractivity contribution >= 4 is 17.3 Å². The molecule has 0 saturated carbocycles. The lowest BCUT2D eigenvalue weighted by molar-refractivity contribution is -0.137. The maximum absolute atomic E-state index is 12.9. The quantitative estimate of drug-likeness (QED) is 0.864. The van der Waals surface area contributed by atoms with Gasteiger partial charge in [0, 0.05) is 26.4 Å². The van der Waals surface area contributed by atoms with Crippen LogP contribution in [0, 0.1) is 0 Å². The van der Waals surface area contributed by atoms with E-state index in [-0.39, 0.29) is 5.69 Å². The first-order valence-electron chi connectivity index (χ1n) is 7.06. The number of aromatic nitrogens is 2. The fourth-order valence-corrected chi connectivity index (χ4v) is 2.12. The van der Waals surface area contributed by atoms with Crippen LogP contribution in [0.1, 0.15) is 5.56 Å². The van der Waals surface area contributed by atoms with E-state index in [2.05, 4.69) is 5.32 Å². The first-order valence-corrected chi connectivity index (χ1v) is 7.06. The van der Waals surface area contributed by atoms with Gasteiger partial charge in [-0.2, -0.15) is 13.2 Å². The number of hydrogen-bond acceptors (Lipinski definition) is 4. The van der Waals surface area contributed by atoms with Crippen LogP contribution in [0.2, 0.25) is 0 Å².